The van der Waals surface area contributed by atoms with E-state index in [9.17, 15) is 18.0 Å². The van der Waals surface area contributed by atoms with Crippen molar-refractivity contribution in [2.45, 2.75) is 26.9 Å². The molecule has 0 fully saturated rings. The first-order valence-electron chi connectivity index (χ1n) is 9.55. The molecule has 5 nitrogen and oxygen atoms in total. The maximum atomic E-state index is 13.7. The molecule has 0 unspecified atom stereocenters. The van der Waals surface area contributed by atoms with Gasteiger partial charge in [0.05, 0.1) is 5.69 Å². The molecule has 0 radical (unpaired) electrons. The average molecular weight is 424 g/mol. The first-order chi connectivity index (χ1) is 14.6. The maximum absolute atomic E-state index is 13.7. The molecule has 4 aromatic rings. The van der Waals surface area contributed by atoms with Gasteiger partial charge in [0.2, 0.25) is 0 Å². The van der Waals surface area contributed by atoms with Crippen LogP contribution in [0.4, 0.5) is 18.9 Å². The molecule has 31 heavy (non-hydrogen) atoms. The number of aromatic nitrogens is 3. The fraction of sp³-hybridized carbons (Fsp3) is 0.174. The van der Waals surface area contributed by atoms with E-state index in [4.69, 9.17) is 0 Å². The van der Waals surface area contributed by atoms with Crippen molar-refractivity contribution in [1.29, 1.82) is 0 Å². The van der Waals surface area contributed by atoms with Gasteiger partial charge in [0.15, 0.2) is 17.0 Å². The Morgan fingerprint density at radius 2 is 1.65 bits per heavy atom. The van der Waals surface area contributed by atoms with Gasteiger partial charge in [-0.25, -0.2) is 9.50 Å². The third-order valence-corrected chi connectivity index (χ3v) is 5.06. The van der Waals surface area contributed by atoms with Crippen LogP contribution in [0.3, 0.4) is 0 Å². The Labute approximate surface area is 176 Å². The quantitative estimate of drug-likeness (QED) is 0.466. The molecule has 0 aliphatic carbocycles. The smallest absolute Gasteiger partial charge is 0.321 e. The Balaban J connectivity index is 1.77. The zero-order chi connectivity index (χ0) is 22.3. The third kappa shape index (κ3) is 4.14. The van der Waals surface area contributed by atoms with Crippen LogP contribution in [0.1, 0.15) is 32.9 Å². The Hall–Kier alpha value is -3.68. The van der Waals surface area contributed by atoms with Gasteiger partial charge >= 0.3 is 6.18 Å². The van der Waals surface area contributed by atoms with E-state index in [1.165, 1.54) is 6.07 Å². The molecule has 0 saturated carbocycles. The molecule has 1 N–H and O–H groups in total. The van der Waals surface area contributed by atoms with Gasteiger partial charge in [-0.2, -0.15) is 18.3 Å². The molecule has 4 rings (SSSR count). The highest BCUT2D eigenvalue weighted by Crippen LogP contribution is 2.32. The van der Waals surface area contributed by atoms with Gasteiger partial charge in [0.1, 0.15) is 0 Å². The Morgan fingerprint density at radius 1 is 0.935 bits per heavy atom. The predicted molar refractivity (Wildman–Crippen MR) is 112 cm³/mol. The molecule has 2 aromatic carbocycles. The van der Waals surface area contributed by atoms with Crippen molar-refractivity contribution in [3.05, 3.63) is 82.7 Å². The summed E-state index contributed by atoms with van der Waals surface area (Å²) in [6.45, 7) is 5.74. The molecule has 2 aromatic heterocycles. The van der Waals surface area contributed by atoms with Gasteiger partial charge in [-0.3, -0.25) is 4.79 Å². The highest BCUT2D eigenvalue weighted by atomic mass is 19.4. The topological polar surface area (TPSA) is 59.3 Å². The number of fused-ring (bicyclic) bond motifs is 1. The second-order valence-corrected chi connectivity index (χ2v) is 7.44. The second kappa shape index (κ2) is 7.54. The van der Waals surface area contributed by atoms with E-state index in [-0.39, 0.29) is 17.0 Å². The molecule has 2 heterocycles. The normalized spacial score (nSPS) is 11.7. The highest BCUT2D eigenvalue weighted by Gasteiger charge is 2.35. The molecule has 158 valence electrons. The molecule has 1 amide bonds. The number of anilines is 1. The number of benzene rings is 2. The van der Waals surface area contributed by atoms with Crippen molar-refractivity contribution >= 4 is 17.2 Å². The van der Waals surface area contributed by atoms with E-state index >= 15 is 0 Å². The number of rotatable bonds is 3. The van der Waals surface area contributed by atoms with Gasteiger partial charge in [-0.05, 0) is 50.1 Å². The molecule has 0 atom stereocenters. The van der Waals surface area contributed by atoms with Crippen molar-refractivity contribution in [1.82, 2.24) is 14.6 Å². The lowest BCUT2D eigenvalue weighted by molar-refractivity contribution is -0.142. The summed E-state index contributed by atoms with van der Waals surface area (Å²) in [5, 5.41) is 6.56. The number of hydrogen-bond acceptors (Lipinski definition) is 3. The summed E-state index contributed by atoms with van der Waals surface area (Å²) in [6, 6.07) is 14.6. The number of nitrogens with one attached hydrogen (secondary N) is 1. The van der Waals surface area contributed by atoms with E-state index in [1.54, 1.807) is 36.4 Å². The van der Waals surface area contributed by atoms with Crippen LogP contribution in [0.15, 0.2) is 54.6 Å². The van der Waals surface area contributed by atoms with Crippen LogP contribution in [0.5, 0.6) is 0 Å². The standard InChI is InChI=1S/C23H19F3N4O/c1-13-4-7-16(8-5-13)18-11-20(23(24,25)26)30-21(28-18)12-19(29-30)22(31)27-17-9-6-14(2)15(3)10-17/h4-12H,1-3H3,(H,27,31). The maximum Gasteiger partial charge on any atom is 0.433 e. The number of carbonyl (C=O) groups excluding carboxylic acids is 1. The molecule has 0 aliphatic heterocycles. The Kier molecular flexibility index (Phi) is 5.00. The van der Waals surface area contributed by atoms with Crippen LogP contribution in [0.25, 0.3) is 16.9 Å². The first-order valence-corrected chi connectivity index (χ1v) is 9.55. The van der Waals surface area contributed by atoms with Crippen molar-refractivity contribution in [2.75, 3.05) is 5.32 Å². The van der Waals surface area contributed by atoms with E-state index in [2.05, 4.69) is 15.4 Å². The zero-order valence-electron chi connectivity index (χ0n) is 17.1. The van der Waals surface area contributed by atoms with Crippen LogP contribution >= 0.6 is 0 Å². The van der Waals surface area contributed by atoms with Crippen molar-refractivity contribution in [3.63, 3.8) is 0 Å². The minimum Gasteiger partial charge on any atom is -0.321 e. The summed E-state index contributed by atoms with van der Waals surface area (Å²) < 4.78 is 41.8. The largest absolute Gasteiger partial charge is 0.433 e. The molecule has 0 spiro atoms. The van der Waals surface area contributed by atoms with E-state index in [0.717, 1.165) is 22.8 Å². The van der Waals surface area contributed by atoms with Crippen LogP contribution in [-0.4, -0.2) is 20.5 Å². The lowest BCUT2D eigenvalue weighted by Crippen LogP contribution is -2.15. The average Bonchev–Trinajstić information content (AvgIpc) is 3.14. The lowest BCUT2D eigenvalue weighted by atomic mass is 10.1. The molecular formula is C23H19F3N4O. The van der Waals surface area contributed by atoms with E-state index in [1.807, 2.05) is 26.8 Å². The number of alkyl halides is 3. The number of halogens is 3. The second-order valence-electron chi connectivity index (χ2n) is 7.44. The SMILES string of the molecule is Cc1ccc(-c2cc(C(F)(F)F)n3nc(C(=O)Nc4ccc(C)c(C)c4)cc3n2)cc1. The molecule has 0 bridgehead atoms. The van der Waals surface area contributed by atoms with Crippen molar-refractivity contribution < 1.29 is 18.0 Å². The molecule has 8 heteroatoms. The highest BCUT2D eigenvalue weighted by molar-refractivity contribution is 6.03. The van der Waals surface area contributed by atoms with Crippen LogP contribution in [0.2, 0.25) is 0 Å². The predicted octanol–water partition coefficient (Wildman–Crippen LogP) is 5.59. The number of aryl methyl sites for hydroxylation is 3. The van der Waals surface area contributed by atoms with Crippen molar-refractivity contribution in [3.8, 4) is 11.3 Å². The molecule has 0 saturated heterocycles. The Bertz CT molecular complexity index is 1290. The number of nitrogens with zero attached hydrogens (tertiary/aromatic N) is 3. The molecular weight excluding hydrogens is 405 g/mol. The number of hydrogen-bond donors (Lipinski definition) is 1. The minimum atomic E-state index is -4.67. The minimum absolute atomic E-state index is 0.0596. The zero-order valence-corrected chi connectivity index (χ0v) is 17.1. The van der Waals surface area contributed by atoms with Gasteiger partial charge in [0, 0.05) is 17.3 Å². The number of carbonyl (C=O) groups is 1. The van der Waals surface area contributed by atoms with Gasteiger partial charge in [0.25, 0.3) is 5.91 Å². The van der Waals surface area contributed by atoms with Gasteiger partial charge in [-0.1, -0.05) is 35.9 Å². The summed E-state index contributed by atoms with van der Waals surface area (Å²) in [6.07, 6.45) is -4.67. The van der Waals surface area contributed by atoms with Gasteiger partial charge < -0.3 is 5.32 Å². The summed E-state index contributed by atoms with van der Waals surface area (Å²) >= 11 is 0. The fourth-order valence-electron chi connectivity index (χ4n) is 3.17. The summed E-state index contributed by atoms with van der Waals surface area (Å²) in [5.74, 6) is -0.612. The lowest BCUT2D eigenvalue weighted by Gasteiger charge is -2.11. The third-order valence-electron chi connectivity index (χ3n) is 5.06. The molecule has 0 aliphatic rings. The van der Waals surface area contributed by atoms with Crippen molar-refractivity contribution in [2.24, 2.45) is 0 Å². The first kappa shape index (κ1) is 20.6. The summed E-state index contributed by atoms with van der Waals surface area (Å²) in [7, 11) is 0. The number of amides is 1. The van der Waals surface area contributed by atoms with Gasteiger partial charge in [-0.15, -0.1) is 0 Å². The van der Waals surface area contributed by atoms with Crippen LogP contribution < -0.4 is 5.32 Å². The fourth-order valence-corrected chi connectivity index (χ4v) is 3.17. The Morgan fingerprint density at radius 3 is 2.29 bits per heavy atom. The van der Waals surface area contributed by atoms with E-state index in [0.29, 0.717) is 15.8 Å². The van der Waals surface area contributed by atoms with E-state index < -0.39 is 17.8 Å². The van der Waals surface area contributed by atoms with Crippen LogP contribution in [0, 0.1) is 20.8 Å². The summed E-state index contributed by atoms with van der Waals surface area (Å²) in [4.78, 5) is 16.9. The monoisotopic (exact) mass is 424 g/mol. The van der Waals surface area contributed by atoms with Crippen LogP contribution in [-0.2, 0) is 6.18 Å². The summed E-state index contributed by atoms with van der Waals surface area (Å²) in [5.41, 5.74) is 3.04.